The number of amides is 1. The van der Waals surface area contributed by atoms with Gasteiger partial charge in [-0.3, -0.25) is 4.79 Å². The number of nitrogens with one attached hydrogen (secondary N) is 1. The lowest BCUT2D eigenvalue weighted by molar-refractivity contribution is -0.115. The third-order valence-electron chi connectivity index (χ3n) is 3.99. The van der Waals surface area contributed by atoms with E-state index in [0.29, 0.717) is 6.61 Å². The standard InChI is InChI=1S/C21H23N3O2S/c1-15-4-10-19(11-5-15)26-13-21-23-17(14-27-21)12-20(25)22-16-6-8-18(9-7-16)24(2)3/h4-11,14H,12-13H2,1-3H3,(H,22,25). The van der Waals surface area contributed by atoms with Gasteiger partial charge in [-0.15, -0.1) is 11.3 Å². The normalized spacial score (nSPS) is 10.5. The molecule has 1 amide bonds. The summed E-state index contributed by atoms with van der Waals surface area (Å²) in [7, 11) is 3.96. The Kier molecular flexibility index (Phi) is 6.08. The summed E-state index contributed by atoms with van der Waals surface area (Å²) in [6, 6.07) is 15.6. The fraction of sp³-hybridized carbons (Fsp3) is 0.238. The van der Waals surface area contributed by atoms with Crippen molar-refractivity contribution in [3.8, 4) is 5.75 Å². The van der Waals surface area contributed by atoms with Gasteiger partial charge in [-0.05, 0) is 43.3 Å². The van der Waals surface area contributed by atoms with Gasteiger partial charge in [0.2, 0.25) is 5.91 Å². The van der Waals surface area contributed by atoms with Gasteiger partial charge in [0, 0.05) is 30.9 Å². The molecule has 0 unspecified atom stereocenters. The molecule has 3 aromatic rings. The maximum Gasteiger partial charge on any atom is 0.230 e. The molecule has 0 atom stereocenters. The van der Waals surface area contributed by atoms with Crippen LogP contribution >= 0.6 is 11.3 Å². The first-order valence-corrected chi connectivity index (χ1v) is 9.57. The molecule has 6 heteroatoms. The van der Waals surface area contributed by atoms with E-state index in [2.05, 4.69) is 10.3 Å². The number of aryl methyl sites for hydroxylation is 1. The molecule has 0 aliphatic heterocycles. The second kappa shape index (κ2) is 8.68. The van der Waals surface area contributed by atoms with Crippen molar-refractivity contribution in [3.63, 3.8) is 0 Å². The van der Waals surface area contributed by atoms with Gasteiger partial charge in [0.25, 0.3) is 0 Å². The Balaban J connectivity index is 1.50. The summed E-state index contributed by atoms with van der Waals surface area (Å²) < 4.78 is 5.73. The maximum absolute atomic E-state index is 12.2. The third-order valence-corrected chi connectivity index (χ3v) is 4.86. The number of benzene rings is 2. The van der Waals surface area contributed by atoms with Crippen LogP contribution < -0.4 is 15.0 Å². The molecular weight excluding hydrogens is 358 g/mol. The van der Waals surface area contributed by atoms with Crippen molar-refractivity contribution in [3.05, 3.63) is 70.2 Å². The van der Waals surface area contributed by atoms with Crippen LogP contribution in [0.1, 0.15) is 16.3 Å². The van der Waals surface area contributed by atoms with Gasteiger partial charge in [0.15, 0.2) is 0 Å². The predicted octanol–water partition coefficient (Wildman–Crippen LogP) is 4.28. The monoisotopic (exact) mass is 381 g/mol. The molecule has 0 aliphatic carbocycles. The molecule has 0 fully saturated rings. The first-order chi connectivity index (χ1) is 13.0. The van der Waals surface area contributed by atoms with Crippen molar-refractivity contribution in [1.29, 1.82) is 0 Å². The zero-order chi connectivity index (χ0) is 19.2. The zero-order valence-corrected chi connectivity index (χ0v) is 16.5. The van der Waals surface area contributed by atoms with Gasteiger partial charge in [0.1, 0.15) is 17.4 Å². The Labute approximate surface area is 163 Å². The highest BCUT2D eigenvalue weighted by Gasteiger charge is 2.09. The molecule has 3 rings (SSSR count). The average molecular weight is 382 g/mol. The molecule has 140 valence electrons. The van der Waals surface area contributed by atoms with Gasteiger partial charge >= 0.3 is 0 Å². The number of carbonyl (C=O) groups is 1. The topological polar surface area (TPSA) is 54.5 Å². The molecule has 0 bridgehead atoms. The quantitative estimate of drug-likeness (QED) is 0.664. The Morgan fingerprint density at radius 2 is 1.81 bits per heavy atom. The third kappa shape index (κ3) is 5.56. The highest BCUT2D eigenvalue weighted by molar-refractivity contribution is 7.09. The predicted molar refractivity (Wildman–Crippen MR) is 111 cm³/mol. The minimum atomic E-state index is -0.0797. The van der Waals surface area contributed by atoms with Crippen molar-refractivity contribution in [2.75, 3.05) is 24.3 Å². The second-order valence-electron chi connectivity index (χ2n) is 6.50. The summed E-state index contributed by atoms with van der Waals surface area (Å²) in [6.45, 7) is 2.44. The summed E-state index contributed by atoms with van der Waals surface area (Å²) >= 11 is 1.50. The van der Waals surface area contributed by atoms with Gasteiger partial charge in [0.05, 0.1) is 12.1 Å². The largest absolute Gasteiger partial charge is 0.486 e. The highest BCUT2D eigenvalue weighted by atomic mass is 32.1. The Morgan fingerprint density at radius 3 is 2.48 bits per heavy atom. The van der Waals surface area contributed by atoms with Crippen molar-refractivity contribution in [1.82, 2.24) is 4.98 Å². The molecule has 0 saturated carbocycles. The number of anilines is 2. The first kappa shape index (κ1) is 18.9. The zero-order valence-electron chi connectivity index (χ0n) is 15.7. The highest BCUT2D eigenvalue weighted by Crippen LogP contribution is 2.18. The van der Waals surface area contributed by atoms with E-state index in [-0.39, 0.29) is 12.3 Å². The second-order valence-corrected chi connectivity index (χ2v) is 7.44. The van der Waals surface area contributed by atoms with Crippen LogP contribution in [0.2, 0.25) is 0 Å². The van der Waals surface area contributed by atoms with Gasteiger partial charge < -0.3 is 15.0 Å². The van der Waals surface area contributed by atoms with Crippen molar-refractivity contribution < 1.29 is 9.53 Å². The van der Waals surface area contributed by atoms with Crippen LogP contribution in [-0.2, 0) is 17.8 Å². The van der Waals surface area contributed by atoms with Crippen LogP contribution in [0.25, 0.3) is 0 Å². The van der Waals surface area contributed by atoms with Crippen LogP contribution in [-0.4, -0.2) is 25.0 Å². The van der Waals surface area contributed by atoms with E-state index in [1.807, 2.05) is 79.8 Å². The van der Waals surface area contributed by atoms with Gasteiger partial charge in [-0.1, -0.05) is 17.7 Å². The van der Waals surface area contributed by atoms with Crippen LogP contribution in [0.4, 0.5) is 11.4 Å². The van der Waals surface area contributed by atoms with Crippen LogP contribution in [0.3, 0.4) is 0 Å². The van der Waals surface area contributed by atoms with E-state index in [9.17, 15) is 4.79 Å². The van der Waals surface area contributed by atoms with Crippen molar-refractivity contribution >= 4 is 28.6 Å². The molecule has 0 saturated heterocycles. The van der Waals surface area contributed by atoms with Crippen molar-refractivity contribution in [2.24, 2.45) is 0 Å². The molecule has 0 radical (unpaired) electrons. The number of nitrogens with zero attached hydrogens (tertiary/aromatic N) is 2. The lowest BCUT2D eigenvalue weighted by Crippen LogP contribution is -2.15. The lowest BCUT2D eigenvalue weighted by Gasteiger charge is -2.12. The number of aromatic nitrogens is 1. The summed E-state index contributed by atoms with van der Waals surface area (Å²) in [5.74, 6) is 0.736. The molecule has 1 N–H and O–H groups in total. The van der Waals surface area contributed by atoms with Crippen LogP contribution in [0.15, 0.2) is 53.9 Å². The van der Waals surface area contributed by atoms with Crippen LogP contribution in [0.5, 0.6) is 5.75 Å². The van der Waals surface area contributed by atoms with E-state index >= 15 is 0 Å². The smallest absolute Gasteiger partial charge is 0.230 e. The maximum atomic E-state index is 12.2. The summed E-state index contributed by atoms with van der Waals surface area (Å²) in [5.41, 5.74) is 3.82. The molecule has 27 heavy (non-hydrogen) atoms. The first-order valence-electron chi connectivity index (χ1n) is 8.69. The number of hydrogen-bond acceptors (Lipinski definition) is 5. The SMILES string of the molecule is Cc1ccc(OCc2nc(CC(=O)Nc3ccc(N(C)C)cc3)cs2)cc1. The van der Waals surface area contributed by atoms with Crippen molar-refractivity contribution in [2.45, 2.75) is 20.0 Å². The number of thiazole rings is 1. The fourth-order valence-corrected chi connectivity index (χ4v) is 3.19. The molecule has 0 aliphatic rings. The Morgan fingerprint density at radius 1 is 1.11 bits per heavy atom. The average Bonchev–Trinajstić information content (AvgIpc) is 3.09. The molecule has 1 heterocycles. The van der Waals surface area contributed by atoms with Gasteiger partial charge in [-0.2, -0.15) is 0 Å². The fourth-order valence-electron chi connectivity index (χ4n) is 2.49. The van der Waals surface area contributed by atoms with Gasteiger partial charge in [-0.25, -0.2) is 4.98 Å². The minimum Gasteiger partial charge on any atom is -0.486 e. The summed E-state index contributed by atoms with van der Waals surface area (Å²) in [6.07, 6.45) is 0.246. The molecule has 5 nitrogen and oxygen atoms in total. The lowest BCUT2D eigenvalue weighted by atomic mass is 10.2. The van der Waals surface area contributed by atoms with E-state index in [1.54, 1.807) is 0 Å². The number of rotatable bonds is 7. The molecular formula is C21H23N3O2S. The Hall–Kier alpha value is -2.86. The Bertz CT molecular complexity index is 887. The molecule has 2 aromatic carbocycles. The minimum absolute atomic E-state index is 0.0797. The van der Waals surface area contributed by atoms with E-state index in [4.69, 9.17) is 4.74 Å². The van der Waals surface area contributed by atoms with E-state index in [0.717, 1.165) is 27.8 Å². The summed E-state index contributed by atoms with van der Waals surface area (Å²) in [5, 5.41) is 5.67. The molecule has 1 aromatic heterocycles. The number of hydrogen-bond donors (Lipinski definition) is 1. The van der Waals surface area contributed by atoms with E-state index in [1.165, 1.54) is 16.9 Å². The number of ether oxygens (including phenoxy) is 1. The van der Waals surface area contributed by atoms with E-state index < -0.39 is 0 Å². The van der Waals surface area contributed by atoms with Crippen LogP contribution in [0, 0.1) is 6.92 Å². The summed E-state index contributed by atoms with van der Waals surface area (Å²) in [4.78, 5) is 18.7. The number of carbonyl (C=O) groups excluding carboxylic acids is 1. The molecule has 0 spiro atoms.